The number of hydrogen-bond acceptors (Lipinski definition) is 5. The Morgan fingerprint density at radius 3 is 2.86 bits per heavy atom. The van der Waals surface area contributed by atoms with Crippen LogP contribution in [-0.4, -0.2) is 56.6 Å². The molecule has 2 N–H and O–H groups in total. The van der Waals surface area contributed by atoms with Crippen molar-refractivity contribution in [1.82, 2.24) is 10.6 Å². The molecule has 154 valence electrons. The van der Waals surface area contributed by atoms with Gasteiger partial charge in [-0.05, 0) is 56.1 Å². The van der Waals surface area contributed by atoms with E-state index in [2.05, 4.69) is 41.5 Å². The number of thioether (sulfide) groups is 1. The summed E-state index contributed by atoms with van der Waals surface area (Å²) in [6, 6.07) is 6.34. The SMILES string of the molecule is CCNC(=NCC1(c2ccc3c(c2)OCO3)CCOCC1)NCC1CCCS1. The number of benzene rings is 1. The molecule has 3 heterocycles. The van der Waals surface area contributed by atoms with Crippen LogP contribution < -0.4 is 20.1 Å². The molecule has 6 nitrogen and oxygen atoms in total. The van der Waals surface area contributed by atoms with Crippen molar-refractivity contribution in [3.05, 3.63) is 23.8 Å². The average Bonchev–Trinajstić information content (AvgIpc) is 3.42. The van der Waals surface area contributed by atoms with Gasteiger partial charge in [0.05, 0.1) is 6.54 Å². The van der Waals surface area contributed by atoms with Crippen LogP contribution in [0.25, 0.3) is 0 Å². The molecular weight excluding hydrogens is 374 g/mol. The fraction of sp³-hybridized carbons (Fsp3) is 0.667. The van der Waals surface area contributed by atoms with Gasteiger partial charge in [0.25, 0.3) is 0 Å². The molecule has 4 rings (SSSR count). The molecule has 1 aromatic carbocycles. The molecule has 0 saturated carbocycles. The van der Waals surface area contributed by atoms with E-state index in [1.807, 2.05) is 6.07 Å². The normalized spacial score (nSPS) is 23.6. The second-order valence-corrected chi connectivity index (χ2v) is 9.08. The van der Waals surface area contributed by atoms with Crippen LogP contribution in [0.3, 0.4) is 0 Å². The number of nitrogens with zero attached hydrogens (tertiary/aromatic N) is 1. The maximum atomic E-state index is 5.67. The molecule has 0 aliphatic carbocycles. The first-order chi connectivity index (χ1) is 13.8. The van der Waals surface area contributed by atoms with Crippen LogP contribution in [0, 0.1) is 0 Å². The molecule has 2 fully saturated rings. The minimum absolute atomic E-state index is 0.0241. The third-order valence-corrected chi connectivity index (χ3v) is 7.24. The average molecular weight is 406 g/mol. The summed E-state index contributed by atoms with van der Waals surface area (Å²) >= 11 is 2.07. The second-order valence-electron chi connectivity index (χ2n) is 7.67. The van der Waals surface area contributed by atoms with E-state index in [1.54, 1.807) is 0 Å². The van der Waals surface area contributed by atoms with Gasteiger partial charge in [-0.25, -0.2) is 0 Å². The lowest BCUT2D eigenvalue weighted by molar-refractivity contribution is 0.0530. The first-order valence-electron chi connectivity index (χ1n) is 10.4. The summed E-state index contributed by atoms with van der Waals surface area (Å²) in [7, 11) is 0. The number of fused-ring (bicyclic) bond motifs is 1. The van der Waals surface area contributed by atoms with Crippen molar-refractivity contribution in [3.63, 3.8) is 0 Å². The van der Waals surface area contributed by atoms with Crippen molar-refractivity contribution in [2.24, 2.45) is 4.99 Å². The van der Waals surface area contributed by atoms with Crippen LogP contribution in [0.5, 0.6) is 11.5 Å². The zero-order valence-corrected chi connectivity index (χ0v) is 17.5. The van der Waals surface area contributed by atoms with E-state index in [0.717, 1.165) is 63.1 Å². The maximum Gasteiger partial charge on any atom is 0.231 e. The van der Waals surface area contributed by atoms with Gasteiger partial charge in [0, 0.05) is 37.0 Å². The number of rotatable bonds is 6. The molecule has 0 spiro atoms. The summed E-state index contributed by atoms with van der Waals surface area (Å²) < 4.78 is 16.8. The van der Waals surface area contributed by atoms with Crippen molar-refractivity contribution >= 4 is 17.7 Å². The Morgan fingerprint density at radius 1 is 1.21 bits per heavy atom. The summed E-state index contributed by atoms with van der Waals surface area (Å²) in [4.78, 5) is 5.00. The lowest BCUT2D eigenvalue weighted by Gasteiger charge is -2.36. The Balaban J connectivity index is 1.50. The number of nitrogens with one attached hydrogen (secondary N) is 2. The zero-order chi connectivity index (χ0) is 19.2. The van der Waals surface area contributed by atoms with Gasteiger partial charge in [-0.15, -0.1) is 0 Å². The molecule has 1 unspecified atom stereocenters. The lowest BCUT2D eigenvalue weighted by Crippen LogP contribution is -2.42. The minimum atomic E-state index is -0.0241. The fourth-order valence-electron chi connectivity index (χ4n) is 4.11. The van der Waals surface area contributed by atoms with Gasteiger partial charge in [-0.2, -0.15) is 11.8 Å². The smallest absolute Gasteiger partial charge is 0.231 e. The highest BCUT2D eigenvalue weighted by Gasteiger charge is 2.35. The van der Waals surface area contributed by atoms with Gasteiger partial charge in [0.1, 0.15) is 0 Å². The predicted molar refractivity (Wildman–Crippen MR) is 114 cm³/mol. The van der Waals surface area contributed by atoms with Crippen LogP contribution in [0.4, 0.5) is 0 Å². The number of aliphatic imine (C=N–C) groups is 1. The molecule has 1 aromatic rings. The topological polar surface area (TPSA) is 64.1 Å². The number of hydrogen-bond donors (Lipinski definition) is 2. The monoisotopic (exact) mass is 405 g/mol. The van der Waals surface area contributed by atoms with E-state index in [-0.39, 0.29) is 5.41 Å². The van der Waals surface area contributed by atoms with Crippen molar-refractivity contribution < 1.29 is 14.2 Å². The lowest BCUT2D eigenvalue weighted by atomic mass is 9.74. The van der Waals surface area contributed by atoms with E-state index >= 15 is 0 Å². The predicted octanol–water partition coefficient (Wildman–Crippen LogP) is 2.91. The molecule has 3 aliphatic rings. The van der Waals surface area contributed by atoms with Crippen molar-refractivity contribution in [3.8, 4) is 11.5 Å². The van der Waals surface area contributed by atoms with Gasteiger partial charge in [0.15, 0.2) is 17.5 Å². The molecule has 1 atom stereocenters. The van der Waals surface area contributed by atoms with Crippen LogP contribution in [0.1, 0.15) is 38.2 Å². The Labute approximate surface area is 171 Å². The molecule has 0 radical (unpaired) electrons. The molecule has 0 bridgehead atoms. The van der Waals surface area contributed by atoms with Crippen molar-refractivity contribution in [1.29, 1.82) is 0 Å². The van der Waals surface area contributed by atoms with Gasteiger partial charge in [-0.1, -0.05) is 6.07 Å². The molecule has 3 aliphatic heterocycles. The molecule has 0 amide bonds. The van der Waals surface area contributed by atoms with Gasteiger partial charge in [-0.3, -0.25) is 4.99 Å². The highest BCUT2D eigenvalue weighted by molar-refractivity contribution is 8.00. The first-order valence-corrected chi connectivity index (χ1v) is 11.5. The third-order valence-electron chi connectivity index (χ3n) is 5.84. The van der Waals surface area contributed by atoms with E-state index in [9.17, 15) is 0 Å². The van der Waals surface area contributed by atoms with Crippen molar-refractivity contribution in [2.75, 3.05) is 45.4 Å². The summed E-state index contributed by atoms with van der Waals surface area (Å²) in [5.74, 6) is 3.88. The van der Waals surface area contributed by atoms with E-state index in [4.69, 9.17) is 19.2 Å². The van der Waals surface area contributed by atoms with Gasteiger partial charge in [0.2, 0.25) is 6.79 Å². The molecule has 2 saturated heterocycles. The van der Waals surface area contributed by atoms with E-state index < -0.39 is 0 Å². The molecule has 7 heteroatoms. The van der Waals surface area contributed by atoms with Gasteiger partial charge >= 0.3 is 0 Å². The summed E-state index contributed by atoms with van der Waals surface area (Å²) in [6.07, 6.45) is 4.56. The Bertz CT molecular complexity index is 685. The van der Waals surface area contributed by atoms with Crippen LogP contribution in [0.2, 0.25) is 0 Å². The zero-order valence-electron chi connectivity index (χ0n) is 16.7. The largest absolute Gasteiger partial charge is 0.454 e. The third kappa shape index (κ3) is 4.51. The molecular formula is C21H31N3O3S. The van der Waals surface area contributed by atoms with Crippen molar-refractivity contribution in [2.45, 2.75) is 43.3 Å². The second kappa shape index (κ2) is 9.27. The molecule has 0 aromatic heterocycles. The number of guanidine groups is 1. The van der Waals surface area contributed by atoms with Crippen LogP contribution in [-0.2, 0) is 10.2 Å². The van der Waals surface area contributed by atoms with Crippen LogP contribution >= 0.6 is 11.8 Å². The molecule has 28 heavy (non-hydrogen) atoms. The minimum Gasteiger partial charge on any atom is -0.454 e. The van der Waals surface area contributed by atoms with Crippen LogP contribution in [0.15, 0.2) is 23.2 Å². The first kappa shape index (κ1) is 19.7. The van der Waals surface area contributed by atoms with E-state index in [0.29, 0.717) is 12.0 Å². The number of ether oxygens (including phenoxy) is 3. The Hall–Kier alpha value is -1.60. The fourth-order valence-corrected chi connectivity index (χ4v) is 5.32. The Kier molecular flexibility index (Phi) is 6.52. The quantitative estimate of drug-likeness (QED) is 0.560. The maximum absolute atomic E-state index is 5.67. The highest BCUT2D eigenvalue weighted by atomic mass is 32.2. The summed E-state index contributed by atoms with van der Waals surface area (Å²) in [5, 5.41) is 7.67. The van der Waals surface area contributed by atoms with E-state index in [1.165, 1.54) is 24.2 Å². The standard InChI is InChI=1S/C21H31N3O3S/c1-2-22-20(23-13-17-4-3-11-28-17)24-14-21(7-9-25-10-8-21)16-5-6-18-19(12-16)27-15-26-18/h5-6,12,17H,2-4,7-11,13-15H2,1H3,(H2,22,23,24). The summed E-state index contributed by atoms with van der Waals surface area (Å²) in [5.41, 5.74) is 1.25. The Morgan fingerprint density at radius 2 is 2.07 bits per heavy atom. The van der Waals surface area contributed by atoms with Gasteiger partial charge < -0.3 is 24.8 Å². The summed E-state index contributed by atoms with van der Waals surface area (Å²) in [6.45, 7) is 6.55. The highest BCUT2D eigenvalue weighted by Crippen LogP contribution is 2.41.